The summed E-state index contributed by atoms with van der Waals surface area (Å²) in [5.41, 5.74) is 0.462. The standard InChI is InChI=1S/C34H29N10O9P/c1-50-21-11-7-19(8-12-21)33(41-31(47)23-17-35-27(39-29(23)45)25-5-3-15-37-43-25)52-54(49)53-34(20-9-13-22(51-2)14-10-20)42-32(48)24-18-36-28(40-30(24)46)26-6-4-16-38-44-26/h3-18,33-34,54H,1-2H3,(H,41,47)(H,42,48)(H,35,39,45)(H,36,40,46). The molecule has 0 saturated heterocycles. The molecule has 2 unspecified atom stereocenters. The van der Waals surface area contributed by atoms with Crippen LogP contribution in [-0.4, -0.2) is 76.6 Å². The summed E-state index contributed by atoms with van der Waals surface area (Å²) < 4.78 is 35.6. The Morgan fingerprint density at radius 1 is 0.648 bits per heavy atom. The van der Waals surface area contributed by atoms with Crippen LogP contribution in [0.25, 0.3) is 23.0 Å². The van der Waals surface area contributed by atoms with Gasteiger partial charge < -0.3 is 30.3 Å². The molecule has 54 heavy (non-hydrogen) atoms. The largest absolute Gasteiger partial charge is 0.497 e. The molecule has 4 aromatic heterocycles. The van der Waals surface area contributed by atoms with Gasteiger partial charge in [0.25, 0.3) is 11.8 Å². The first-order valence-corrected chi connectivity index (χ1v) is 16.9. The van der Waals surface area contributed by atoms with E-state index in [1.807, 2.05) is 0 Å². The lowest BCUT2D eigenvalue weighted by molar-refractivity contribution is 0.0691. The normalized spacial score (nSPS) is 12.6. The number of hydrogen-bond acceptors (Lipinski definition) is 17. The number of rotatable bonds is 14. The lowest BCUT2D eigenvalue weighted by Gasteiger charge is -2.23. The van der Waals surface area contributed by atoms with Crippen LogP contribution >= 0.6 is 8.25 Å². The van der Waals surface area contributed by atoms with Crippen LogP contribution in [0.3, 0.4) is 0 Å². The van der Waals surface area contributed by atoms with Gasteiger partial charge in [0.1, 0.15) is 34.0 Å². The first kappa shape index (κ1) is 36.8. The zero-order valence-electron chi connectivity index (χ0n) is 28.2. The highest BCUT2D eigenvalue weighted by Crippen LogP contribution is 2.38. The molecule has 2 amide bonds. The first-order chi connectivity index (χ1) is 26.2. The molecule has 6 aromatic rings. The highest BCUT2D eigenvalue weighted by Gasteiger charge is 2.27. The number of amides is 2. The molecule has 0 saturated carbocycles. The fraction of sp³-hybridized carbons (Fsp3) is 0.118. The molecule has 6 rings (SSSR count). The van der Waals surface area contributed by atoms with E-state index in [9.17, 15) is 24.4 Å². The van der Waals surface area contributed by atoms with Crippen molar-refractivity contribution in [2.45, 2.75) is 12.5 Å². The highest BCUT2D eigenvalue weighted by molar-refractivity contribution is 7.33. The molecule has 19 nitrogen and oxygen atoms in total. The Balaban J connectivity index is 1.23. The van der Waals surface area contributed by atoms with E-state index >= 15 is 0 Å². The van der Waals surface area contributed by atoms with Crippen LogP contribution < -0.4 is 20.1 Å². The van der Waals surface area contributed by atoms with E-state index in [0.29, 0.717) is 22.6 Å². The maximum Gasteiger partial charge on any atom is 0.323 e. The van der Waals surface area contributed by atoms with E-state index in [-0.39, 0.29) is 34.2 Å². The van der Waals surface area contributed by atoms with Crippen LogP contribution in [0.5, 0.6) is 23.3 Å². The van der Waals surface area contributed by atoms with Gasteiger partial charge in [-0.15, -0.1) is 10.2 Å². The van der Waals surface area contributed by atoms with Gasteiger partial charge >= 0.3 is 8.25 Å². The number of nitrogens with zero attached hydrogens (tertiary/aromatic N) is 8. The second kappa shape index (κ2) is 17.0. The van der Waals surface area contributed by atoms with Crippen molar-refractivity contribution >= 4 is 20.1 Å². The summed E-state index contributed by atoms with van der Waals surface area (Å²) in [6.07, 6.45) is 2.20. The summed E-state index contributed by atoms with van der Waals surface area (Å²) in [7, 11) is -0.692. The average molecular weight is 753 g/mol. The molecule has 0 aliphatic carbocycles. The number of carbonyl (C=O) groups is 2. The van der Waals surface area contributed by atoms with Crippen LogP contribution in [0.4, 0.5) is 0 Å². The van der Waals surface area contributed by atoms with Crippen molar-refractivity contribution in [2.75, 3.05) is 14.2 Å². The van der Waals surface area contributed by atoms with Gasteiger partial charge in [-0.3, -0.25) is 23.2 Å². The third kappa shape index (κ3) is 8.91. The zero-order chi connectivity index (χ0) is 38.0. The average Bonchev–Trinajstić information content (AvgIpc) is 3.20. The Hall–Kier alpha value is -6.95. The molecule has 0 aliphatic heterocycles. The fourth-order valence-electron chi connectivity index (χ4n) is 4.69. The lowest BCUT2D eigenvalue weighted by atomic mass is 10.2. The number of nitrogens with one attached hydrogen (secondary N) is 2. The molecule has 2 aromatic carbocycles. The van der Waals surface area contributed by atoms with Gasteiger partial charge in [-0.1, -0.05) is 24.3 Å². The first-order valence-electron chi connectivity index (χ1n) is 15.7. The predicted octanol–water partition coefficient (Wildman–Crippen LogP) is 3.59. The second-order valence-corrected chi connectivity index (χ2v) is 11.8. The molecule has 0 fully saturated rings. The van der Waals surface area contributed by atoms with E-state index in [2.05, 4.69) is 51.0 Å². The Morgan fingerprint density at radius 2 is 1.06 bits per heavy atom. The zero-order valence-corrected chi connectivity index (χ0v) is 29.2. The van der Waals surface area contributed by atoms with Gasteiger partial charge in [0.05, 0.1) is 14.2 Å². The molecule has 0 bridgehead atoms. The van der Waals surface area contributed by atoms with Gasteiger partial charge in [-0.25, -0.2) is 9.97 Å². The molecule has 4 heterocycles. The highest BCUT2D eigenvalue weighted by atomic mass is 31.1. The topological polar surface area (TPSA) is 256 Å². The molecule has 20 heteroatoms. The van der Waals surface area contributed by atoms with Gasteiger partial charge in [-0.2, -0.15) is 20.2 Å². The molecule has 0 aliphatic rings. The number of aromatic hydroxyl groups is 2. The predicted molar refractivity (Wildman–Crippen MR) is 187 cm³/mol. The molecule has 0 spiro atoms. The fourth-order valence-corrected chi connectivity index (χ4v) is 5.52. The minimum Gasteiger partial charge on any atom is -0.497 e. The van der Waals surface area contributed by atoms with E-state index in [4.69, 9.17) is 18.5 Å². The lowest BCUT2D eigenvalue weighted by Crippen LogP contribution is -2.31. The molecule has 0 radical (unpaired) electrons. The number of methoxy groups -OCH3 is 2. The van der Waals surface area contributed by atoms with Crippen molar-refractivity contribution in [3.63, 3.8) is 0 Å². The number of benzene rings is 2. The van der Waals surface area contributed by atoms with Crippen molar-refractivity contribution in [2.24, 2.45) is 0 Å². The van der Waals surface area contributed by atoms with Crippen molar-refractivity contribution in [3.05, 3.63) is 120 Å². The van der Waals surface area contributed by atoms with Gasteiger partial charge in [0.2, 0.25) is 11.8 Å². The Bertz CT molecular complexity index is 2100. The van der Waals surface area contributed by atoms with E-state index in [1.54, 1.807) is 72.8 Å². The minimum absolute atomic E-state index is 0.0199. The Kier molecular flexibility index (Phi) is 11.6. The smallest absolute Gasteiger partial charge is 0.323 e. The number of carbonyl (C=O) groups excluding carboxylic acids is 2. The molecular weight excluding hydrogens is 723 g/mol. The maximum atomic E-state index is 13.6. The summed E-state index contributed by atoms with van der Waals surface area (Å²) in [6, 6.07) is 18.8. The summed E-state index contributed by atoms with van der Waals surface area (Å²) in [5, 5.41) is 41.6. The molecule has 274 valence electrons. The monoisotopic (exact) mass is 752 g/mol. The third-order valence-electron chi connectivity index (χ3n) is 7.42. The number of aromatic nitrogens is 8. The Morgan fingerprint density at radius 3 is 1.39 bits per heavy atom. The Labute approximate surface area is 306 Å². The van der Waals surface area contributed by atoms with Crippen molar-refractivity contribution in [3.8, 4) is 46.3 Å². The molecule has 4 N–H and O–H groups in total. The quantitative estimate of drug-likeness (QED) is 0.0915. The summed E-state index contributed by atoms with van der Waals surface area (Å²) >= 11 is 0. The van der Waals surface area contributed by atoms with Gasteiger partial charge in [-0.05, 0) is 48.5 Å². The number of hydrogen-bond donors (Lipinski definition) is 4. The van der Waals surface area contributed by atoms with Crippen molar-refractivity contribution in [1.29, 1.82) is 0 Å². The van der Waals surface area contributed by atoms with Crippen LogP contribution in [0.2, 0.25) is 0 Å². The van der Waals surface area contributed by atoms with E-state index < -0.39 is 44.3 Å². The second-order valence-electron chi connectivity index (χ2n) is 10.8. The molecular formula is C34H29N10O9P. The third-order valence-corrected chi connectivity index (χ3v) is 8.28. The number of ether oxygens (including phenoxy) is 2. The van der Waals surface area contributed by atoms with E-state index in [1.165, 1.54) is 26.6 Å². The summed E-state index contributed by atoms with van der Waals surface area (Å²) in [5.74, 6) is -2.11. The van der Waals surface area contributed by atoms with Crippen LogP contribution in [0, 0.1) is 0 Å². The maximum absolute atomic E-state index is 13.6. The molecule has 2 atom stereocenters. The van der Waals surface area contributed by atoms with Crippen molar-refractivity contribution in [1.82, 2.24) is 51.0 Å². The summed E-state index contributed by atoms with van der Waals surface area (Å²) in [4.78, 5) is 43.0. The summed E-state index contributed by atoms with van der Waals surface area (Å²) in [6.45, 7) is 0. The van der Waals surface area contributed by atoms with Crippen LogP contribution in [-0.2, 0) is 13.6 Å². The van der Waals surface area contributed by atoms with Gasteiger partial charge in [0, 0.05) is 35.9 Å². The minimum atomic E-state index is -3.63. The van der Waals surface area contributed by atoms with Crippen LogP contribution in [0.1, 0.15) is 44.3 Å². The van der Waals surface area contributed by atoms with E-state index in [0.717, 1.165) is 12.4 Å². The van der Waals surface area contributed by atoms with Gasteiger partial charge in [0.15, 0.2) is 24.1 Å². The SMILES string of the molecule is COc1ccc(C(NC(=O)c2cnc(-c3cccnn3)nc2O)O[PH](=O)OC(NC(=O)c2cnc(-c3cccnn3)nc2O)c2ccc(OC)cc2)cc1. The van der Waals surface area contributed by atoms with Crippen LogP contribution in [0.15, 0.2) is 97.6 Å². The van der Waals surface area contributed by atoms with Crippen molar-refractivity contribution < 1.29 is 42.9 Å².